The predicted octanol–water partition coefficient (Wildman–Crippen LogP) is 4.94. The maximum atomic E-state index is 10.3. The van der Waals surface area contributed by atoms with E-state index in [0.717, 1.165) is 12.0 Å². The first-order valence-corrected chi connectivity index (χ1v) is 9.26. The third-order valence-electron chi connectivity index (χ3n) is 8.15. The van der Waals surface area contributed by atoms with Crippen molar-refractivity contribution in [2.24, 2.45) is 22.7 Å². The highest BCUT2D eigenvalue weighted by molar-refractivity contribution is 5.33. The molecule has 23 heavy (non-hydrogen) atoms. The van der Waals surface area contributed by atoms with Crippen molar-refractivity contribution < 1.29 is 9.84 Å². The van der Waals surface area contributed by atoms with Gasteiger partial charge in [0.1, 0.15) is 5.75 Å². The molecule has 1 aromatic carbocycles. The highest BCUT2D eigenvalue weighted by Crippen LogP contribution is 2.70. The molecular formula is C21H30O2. The first-order valence-electron chi connectivity index (χ1n) is 9.26. The topological polar surface area (TPSA) is 32.8 Å². The van der Waals surface area contributed by atoms with Crippen LogP contribution in [-0.4, -0.2) is 16.8 Å². The Morgan fingerprint density at radius 2 is 1.87 bits per heavy atom. The Morgan fingerprint density at radius 3 is 2.61 bits per heavy atom. The minimum Gasteiger partial charge on any atom is -0.508 e. The van der Waals surface area contributed by atoms with Gasteiger partial charge < -0.3 is 9.84 Å². The number of benzene rings is 1. The van der Waals surface area contributed by atoms with Crippen LogP contribution in [0.5, 0.6) is 5.75 Å². The average molecular weight is 314 g/mol. The third-order valence-corrected chi connectivity index (χ3v) is 8.15. The zero-order valence-electron chi connectivity index (χ0n) is 14.9. The number of rotatable bonds is 2. The molecule has 1 aromatic rings. The molecule has 2 saturated carbocycles. The van der Waals surface area contributed by atoms with E-state index in [4.69, 9.17) is 4.74 Å². The number of hydrogen-bond acceptors (Lipinski definition) is 2. The van der Waals surface area contributed by atoms with Gasteiger partial charge in [-0.1, -0.05) is 39.0 Å². The minimum atomic E-state index is 0.0933. The summed E-state index contributed by atoms with van der Waals surface area (Å²) in [7, 11) is 0. The van der Waals surface area contributed by atoms with Crippen LogP contribution < -0.4 is 0 Å². The van der Waals surface area contributed by atoms with Gasteiger partial charge in [0.25, 0.3) is 0 Å². The molecule has 0 aromatic heterocycles. The lowest BCUT2D eigenvalue weighted by atomic mass is 9.44. The van der Waals surface area contributed by atoms with Crippen LogP contribution in [0.15, 0.2) is 24.3 Å². The number of aromatic hydroxyl groups is 1. The summed E-state index contributed by atoms with van der Waals surface area (Å²) in [5, 5.41) is 10.3. The molecule has 0 radical (unpaired) electrons. The average Bonchev–Trinajstić information content (AvgIpc) is 3.20. The molecule has 0 bridgehead atoms. The Bertz CT molecular complexity index is 626. The van der Waals surface area contributed by atoms with Crippen LogP contribution in [0.4, 0.5) is 0 Å². The summed E-state index contributed by atoms with van der Waals surface area (Å²) in [6.07, 6.45) is 6.49. The fourth-order valence-electron chi connectivity index (χ4n) is 6.12. The van der Waals surface area contributed by atoms with Gasteiger partial charge in [-0.15, -0.1) is 0 Å². The first kappa shape index (κ1) is 15.5. The molecule has 0 amide bonds. The highest BCUT2D eigenvalue weighted by atomic mass is 16.6. The first-order chi connectivity index (χ1) is 10.8. The van der Waals surface area contributed by atoms with Gasteiger partial charge in [-0.05, 0) is 67.9 Å². The number of para-hydroxylation sites is 1. The number of epoxide rings is 1. The predicted molar refractivity (Wildman–Crippen MR) is 92.4 cm³/mol. The second-order valence-corrected chi connectivity index (χ2v) is 9.01. The SMILES string of the molecule is C[C@H]1CC[C@@]2(C)[C@@H](CC[C@H]3O[C@]32C)[C@]1(C)Cc1ccccc1O. The van der Waals surface area contributed by atoms with Crippen molar-refractivity contribution in [1.29, 1.82) is 0 Å². The van der Waals surface area contributed by atoms with Gasteiger partial charge in [0, 0.05) is 5.41 Å². The standard InChI is InChI=1S/C21H30O2/c1-14-11-12-20(3)17(9-10-18-21(20,4)23-18)19(14,2)13-15-7-5-6-8-16(15)22/h5-8,14,17-18,22H,9-13H2,1-4H3/t14-,17-,18+,19+,20-,21+/m0/s1. The van der Waals surface area contributed by atoms with E-state index in [2.05, 4.69) is 33.8 Å². The van der Waals surface area contributed by atoms with Gasteiger partial charge in [0.2, 0.25) is 0 Å². The summed E-state index contributed by atoms with van der Waals surface area (Å²) in [5.74, 6) is 1.80. The summed E-state index contributed by atoms with van der Waals surface area (Å²) < 4.78 is 6.19. The van der Waals surface area contributed by atoms with Crippen molar-refractivity contribution in [2.75, 3.05) is 0 Å². The molecule has 1 saturated heterocycles. The Hall–Kier alpha value is -1.02. The molecule has 2 nitrogen and oxygen atoms in total. The van der Waals surface area contributed by atoms with Crippen molar-refractivity contribution >= 4 is 0 Å². The molecule has 2 aliphatic carbocycles. The van der Waals surface area contributed by atoms with E-state index in [1.165, 1.54) is 25.7 Å². The maximum Gasteiger partial charge on any atom is 0.118 e. The molecule has 0 spiro atoms. The van der Waals surface area contributed by atoms with E-state index >= 15 is 0 Å². The summed E-state index contributed by atoms with van der Waals surface area (Å²) >= 11 is 0. The normalized spacial score (nSPS) is 48.4. The van der Waals surface area contributed by atoms with Gasteiger partial charge in [-0.25, -0.2) is 0 Å². The Morgan fingerprint density at radius 1 is 1.13 bits per heavy atom. The Labute approximate surface area is 140 Å². The number of ether oxygens (including phenoxy) is 1. The zero-order chi connectivity index (χ0) is 16.5. The lowest BCUT2D eigenvalue weighted by Gasteiger charge is -2.59. The van der Waals surface area contributed by atoms with E-state index in [1.807, 2.05) is 18.2 Å². The molecule has 1 heterocycles. The van der Waals surface area contributed by atoms with E-state index in [9.17, 15) is 5.11 Å². The largest absolute Gasteiger partial charge is 0.508 e. The maximum absolute atomic E-state index is 10.3. The van der Waals surface area contributed by atoms with Crippen LogP contribution in [0.2, 0.25) is 0 Å². The van der Waals surface area contributed by atoms with Crippen LogP contribution in [0.1, 0.15) is 58.9 Å². The van der Waals surface area contributed by atoms with Crippen LogP contribution >= 0.6 is 0 Å². The molecule has 6 atom stereocenters. The highest BCUT2D eigenvalue weighted by Gasteiger charge is 2.71. The van der Waals surface area contributed by atoms with Crippen LogP contribution in [0.25, 0.3) is 0 Å². The molecule has 126 valence electrons. The molecule has 1 N–H and O–H groups in total. The quantitative estimate of drug-likeness (QED) is 0.784. The fourth-order valence-corrected chi connectivity index (χ4v) is 6.12. The second kappa shape index (κ2) is 4.75. The van der Waals surface area contributed by atoms with Crippen LogP contribution in [0.3, 0.4) is 0 Å². The molecule has 3 aliphatic rings. The van der Waals surface area contributed by atoms with Gasteiger partial charge in [-0.2, -0.15) is 0 Å². The fraction of sp³-hybridized carbons (Fsp3) is 0.714. The number of phenolic OH excluding ortho intramolecular Hbond substituents is 1. The van der Waals surface area contributed by atoms with Crippen molar-refractivity contribution in [3.8, 4) is 5.75 Å². The summed E-state index contributed by atoms with van der Waals surface area (Å²) in [6.45, 7) is 9.71. The Balaban J connectivity index is 1.72. The molecule has 1 aliphatic heterocycles. The van der Waals surface area contributed by atoms with Gasteiger partial charge in [0.05, 0.1) is 11.7 Å². The summed E-state index contributed by atoms with van der Waals surface area (Å²) in [5.41, 5.74) is 1.71. The number of fused-ring (bicyclic) bond motifs is 3. The van der Waals surface area contributed by atoms with Crippen LogP contribution in [0, 0.1) is 22.7 Å². The molecule has 3 fully saturated rings. The monoisotopic (exact) mass is 314 g/mol. The third kappa shape index (κ3) is 1.97. The molecule has 2 heteroatoms. The van der Waals surface area contributed by atoms with E-state index in [1.54, 1.807) is 0 Å². The zero-order valence-corrected chi connectivity index (χ0v) is 14.9. The smallest absolute Gasteiger partial charge is 0.118 e. The van der Waals surface area contributed by atoms with Crippen LogP contribution in [-0.2, 0) is 11.2 Å². The van der Waals surface area contributed by atoms with Gasteiger partial charge in [0.15, 0.2) is 0 Å². The van der Waals surface area contributed by atoms with Gasteiger partial charge in [-0.3, -0.25) is 0 Å². The summed E-state index contributed by atoms with van der Waals surface area (Å²) in [4.78, 5) is 0. The van der Waals surface area contributed by atoms with Gasteiger partial charge >= 0.3 is 0 Å². The van der Waals surface area contributed by atoms with Crippen molar-refractivity contribution in [3.63, 3.8) is 0 Å². The van der Waals surface area contributed by atoms with Crippen molar-refractivity contribution in [2.45, 2.75) is 71.5 Å². The molecule has 4 rings (SSSR count). The Kier molecular flexibility index (Phi) is 3.20. The molecular weight excluding hydrogens is 284 g/mol. The lowest BCUT2D eigenvalue weighted by Crippen LogP contribution is -2.56. The van der Waals surface area contributed by atoms with Crippen molar-refractivity contribution in [3.05, 3.63) is 29.8 Å². The van der Waals surface area contributed by atoms with Crippen molar-refractivity contribution in [1.82, 2.24) is 0 Å². The lowest BCUT2D eigenvalue weighted by molar-refractivity contribution is -0.0980. The van der Waals surface area contributed by atoms with E-state index < -0.39 is 0 Å². The number of phenols is 1. The molecule has 0 unspecified atom stereocenters. The van der Waals surface area contributed by atoms with E-state index in [-0.39, 0.29) is 16.4 Å². The van der Waals surface area contributed by atoms with E-state index in [0.29, 0.717) is 23.7 Å². The second-order valence-electron chi connectivity index (χ2n) is 9.01. The number of hydrogen-bond donors (Lipinski definition) is 1. The minimum absolute atomic E-state index is 0.0933. The summed E-state index contributed by atoms with van der Waals surface area (Å²) in [6, 6.07) is 7.89.